The van der Waals surface area contributed by atoms with E-state index in [9.17, 15) is 10.1 Å². The van der Waals surface area contributed by atoms with Gasteiger partial charge in [-0.05, 0) is 18.9 Å². The highest BCUT2D eigenvalue weighted by atomic mass is 16.1. The molecule has 26 heavy (non-hydrogen) atoms. The van der Waals surface area contributed by atoms with Gasteiger partial charge in [0, 0.05) is 37.4 Å². The zero-order valence-electron chi connectivity index (χ0n) is 13.9. The van der Waals surface area contributed by atoms with Crippen LogP contribution in [0.5, 0.6) is 0 Å². The van der Waals surface area contributed by atoms with E-state index in [4.69, 9.17) is 0 Å². The summed E-state index contributed by atoms with van der Waals surface area (Å²) in [6, 6.07) is 5.29. The molecule has 4 rings (SSSR count). The van der Waals surface area contributed by atoms with Crippen molar-refractivity contribution in [1.29, 1.82) is 5.26 Å². The molecule has 1 saturated heterocycles. The lowest BCUT2D eigenvalue weighted by molar-refractivity contribution is 0.484. The van der Waals surface area contributed by atoms with Crippen LogP contribution in [0.2, 0.25) is 0 Å². The standard InChI is InChI=1S/C17H16N8O/c18-10-14-17(21-6-5-20-14)24-8-1-2-13(24)11-25-16(26)4-3-15(22-25)23-9-7-19-12-23/h3-7,9,12-13H,1-2,8,11H2. The van der Waals surface area contributed by atoms with E-state index in [1.807, 2.05) is 4.90 Å². The molecule has 0 saturated carbocycles. The van der Waals surface area contributed by atoms with Gasteiger partial charge in [0.05, 0.1) is 12.6 Å². The maximum atomic E-state index is 12.3. The van der Waals surface area contributed by atoms with Crippen LogP contribution in [-0.2, 0) is 6.54 Å². The van der Waals surface area contributed by atoms with Gasteiger partial charge < -0.3 is 4.90 Å². The zero-order chi connectivity index (χ0) is 17.9. The van der Waals surface area contributed by atoms with Gasteiger partial charge in [0.1, 0.15) is 12.4 Å². The Morgan fingerprint density at radius 1 is 1.23 bits per heavy atom. The Bertz CT molecular complexity index is 1000. The number of imidazole rings is 1. The van der Waals surface area contributed by atoms with E-state index < -0.39 is 0 Å². The van der Waals surface area contributed by atoms with Crippen molar-refractivity contribution >= 4 is 5.82 Å². The Labute approximate surface area is 149 Å². The quantitative estimate of drug-likeness (QED) is 0.685. The molecule has 130 valence electrons. The first-order valence-corrected chi connectivity index (χ1v) is 8.30. The summed E-state index contributed by atoms with van der Waals surface area (Å²) in [5.74, 6) is 1.19. The van der Waals surface area contributed by atoms with Crippen LogP contribution in [0.1, 0.15) is 18.5 Å². The molecule has 9 heteroatoms. The van der Waals surface area contributed by atoms with Crippen LogP contribution in [-0.4, -0.2) is 41.9 Å². The third-order valence-electron chi connectivity index (χ3n) is 4.44. The maximum absolute atomic E-state index is 12.3. The van der Waals surface area contributed by atoms with Crippen molar-refractivity contribution in [2.75, 3.05) is 11.4 Å². The monoisotopic (exact) mass is 348 g/mol. The van der Waals surface area contributed by atoms with Crippen LogP contribution in [0.4, 0.5) is 5.82 Å². The van der Waals surface area contributed by atoms with Crippen molar-refractivity contribution in [2.24, 2.45) is 0 Å². The molecule has 3 aromatic rings. The van der Waals surface area contributed by atoms with Gasteiger partial charge in [-0.15, -0.1) is 0 Å². The molecule has 3 aromatic heterocycles. The number of nitriles is 1. The van der Waals surface area contributed by atoms with Crippen LogP contribution >= 0.6 is 0 Å². The van der Waals surface area contributed by atoms with E-state index in [2.05, 4.69) is 26.1 Å². The number of aromatic nitrogens is 6. The fourth-order valence-electron chi connectivity index (χ4n) is 3.23. The van der Waals surface area contributed by atoms with E-state index in [1.165, 1.54) is 16.9 Å². The molecule has 0 aliphatic carbocycles. The summed E-state index contributed by atoms with van der Waals surface area (Å²) in [6.07, 6.45) is 10.0. The van der Waals surface area contributed by atoms with Gasteiger partial charge in [0.25, 0.3) is 5.56 Å². The second-order valence-corrected chi connectivity index (χ2v) is 6.01. The molecule has 0 radical (unpaired) electrons. The van der Waals surface area contributed by atoms with Gasteiger partial charge in [-0.2, -0.15) is 10.4 Å². The fourth-order valence-corrected chi connectivity index (χ4v) is 3.23. The van der Waals surface area contributed by atoms with E-state index in [1.54, 1.807) is 35.6 Å². The third-order valence-corrected chi connectivity index (χ3v) is 4.44. The molecule has 1 fully saturated rings. The summed E-state index contributed by atoms with van der Waals surface area (Å²) < 4.78 is 3.21. The summed E-state index contributed by atoms with van der Waals surface area (Å²) in [4.78, 5) is 26.7. The van der Waals surface area contributed by atoms with Crippen LogP contribution in [0, 0.1) is 11.3 Å². The minimum Gasteiger partial charge on any atom is -0.349 e. The number of anilines is 1. The van der Waals surface area contributed by atoms with Gasteiger partial charge in [0.2, 0.25) is 0 Å². The topological polar surface area (TPSA) is 106 Å². The Balaban J connectivity index is 1.63. The number of rotatable bonds is 4. The van der Waals surface area contributed by atoms with Crippen molar-refractivity contribution in [2.45, 2.75) is 25.4 Å². The second-order valence-electron chi connectivity index (χ2n) is 6.01. The molecular formula is C17H16N8O. The predicted molar refractivity (Wildman–Crippen MR) is 92.7 cm³/mol. The highest BCUT2D eigenvalue weighted by Crippen LogP contribution is 2.26. The molecule has 0 N–H and O–H groups in total. The molecule has 0 aromatic carbocycles. The molecule has 1 aliphatic heterocycles. The van der Waals surface area contributed by atoms with E-state index in [0.717, 1.165) is 19.4 Å². The van der Waals surface area contributed by atoms with Crippen molar-refractivity contribution in [3.8, 4) is 11.9 Å². The van der Waals surface area contributed by atoms with Crippen molar-refractivity contribution in [1.82, 2.24) is 29.3 Å². The first-order valence-electron chi connectivity index (χ1n) is 8.30. The molecular weight excluding hydrogens is 332 g/mol. The van der Waals surface area contributed by atoms with Crippen molar-refractivity contribution in [3.05, 3.63) is 59.3 Å². The third kappa shape index (κ3) is 2.93. The van der Waals surface area contributed by atoms with Gasteiger partial charge >= 0.3 is 0 Å². The second kappa shape index (κ2) is 6.76. The smallest absolute Gasteiger partial charge is 0.266 e. The van der Waals surface area contributed by atoms with Gasteiger partial charge in [-0.1, -0.05) is 0 Å². The summed E-state index contributed by atoms with van der Waals surface area (Å²) in [6.45, 7) is 1.19. The van der Waals surface area contributed by atoms with Crippen LogP contribution < -0.4 is 10.5 Å². The van der Waals surface area contributed by atoms with E-state index in [-0.39, 0.29) is 11.6 Å². The number of nitrogens with zero attached hydrogens (tertiary/aromatic N) is 8. The molecule has 9 nitrogen and oxygen atoms in total. The Hall–Kier alpha value is -3.54. The Kier molecular flexibility index (Phi) is 4.15. The molecule has 0 amide bonds. The van der Waals surface area contributed by atoms with Gasteiger partial charge in [-0.25, -0.2) is 19.6 Å². The van der Waals surface area contributed by atoms with Gasteiger partial charge in [0.15, 0.2) is 17.3 Å². The van der Waals surface area contributed by atoms with Crippen LogP contribution in [0.3, 0.4) is 0 Å². The molecule has 0 spiro atoms. The average molecular weight is 348 g/mol. The first kappa shape index (κ1) is 16.0. The van der Waals surface area contributed by atoms with Crippen LogP contribution in [0.25, 0.3) is 5.82 Å². The summed E-state index contributed by atoms with van der Waals surface area (Å²) in [7, 11) is 0. The zero-order valence-corrected chi connectivity index (χ0v) is 13.9. The minimum atomic E-state index is -0.166. The molecule has 1 atom stereocenters. The number of hydrogen-bond acceptors (Lipinski definition) is 7. The minimum absolute atomic E-state index is 0.0297. The van der Waals surface area contributed by atoms with Crippen molar-refractivity contribution in [3.63, 3.8) is 0 Å². The lowest BCUT2D eigenvalue weighted by atomic mass is 10.2. The maximum Gasteiger partial charge on any atom is 0.266 e. The van der Waals surface area contributed by atoms with E-state index in [0.29, 0.717) is 23.9 Å². The summed E-state index contributed by atoms with van der Waals surface area (Å²) in [5, 5.41) is 13.7. The lowest BCUT2D eigenvalue weighted by Crippen LogP contribution is -2.38. The Morgan fingerprint density at radius 3 is 2.92 bits per heavy atom. The number of hydrogen-bond donors (Lipinski definition) is 0. The molecule has 4 heterocycles. The first-order chi connectivity index (χ1) is 12.8. The summed E-state index contributed by atoms with van der Waals surface area (Å²) >= 11 is 0. The average Bonchev–Trinajstić information content (AvgIpc) is 3.35. The fraction of sp³-hybridized carbons (Fsp3) is 0.294. The normalized spacial score (nSPS) is 16.6. The predicted octanol–water partition coefficient (Wildman–Crippen LogP) is 0.760. The van der Waals surface area contributed by atoms with E-state index >= 15 is 0 Å². The van der Waals surface area contributed by atoms with Gasteiger partial charge in [-0.3, -0.25) is 9.36 Å². The Morgan fingerprint density at radius 2 is 2.12 bits per heavy atom. The SMILES string of the molecule is N#Cc1nccnc1N1CCCC1Cn1nc(-n2ccnc2)ccc1=O. The highest BCUT2D eigenvalue weighted by molar-refractivity contribution is 5.51. The molecule has 1 unspecified atom stereocenters. The largest absolute Gasteiger partial charge is 0.349 e. The lowest BCUT2D eigenvalue weighted by Gasteiger charge is -2.26. The highest BCUT2D eigenvalue weighted by Gasteiger charge is 2.28. The van der Waals surface area contributed by atoms with Crippen LogP contribution in [0.15, 0.2) is 48.0 Å². The van der Waals surface area contributed by atoms with Crippen molar-refractivity contribution < 1.29 is 0 Å². The molecule has 0 bridgehead atoms. The molecule has 1 aliphatic rings. The summed E-state index contributed by atoms with van der Waals surface area (Å²) in [5.41, 5.74) is 0.132.